The van der Waals surface area contributed by atoms with E-state index < -0.39 is 5.97 Å². The van der Waals surface area contributed by atoms with Gasteiger partial charge in [-0.3, -0.25) is 4.79 Å². The van der Waals surface area contributed by atoms with E-state index in [9.17, 15) is 9.59 Å². The second-order valence-electron chi connectivity index (χ2n) is 5.32. The van der Waals surface area contributed by atoms with Crippen molar-refractivity contribution < 1.29 is 14.7 Å². The molecule has 22 heavy (non-hydrogen) atoms. The molecule has 0 saturated carbocycles. The minimum absolute atomic E-state index is 0.0114. The highest BCUT2D eigenvalue weighted by Crippen LogP contribution is 2.29. The Labute approximate surface area is 131 Å². The lowest BCUT2D eigenvalue weighted by atomic mass is 9.99. The van der Waals surface area contributed by atoms with Crippen LogP contribution in [0.5, 0.6) is 0 Å². The predicted molar refractivity (Wildman–Crippen MR) is 82.5 cm³/mol. The van der Waals surface area contributed by atoms with Crippen LogP contribution in [0.1, 0.15) is 43.4 Å². The first kappa shape index (κ1) is 14.8. The monoisotopic (exact) mass is 319 g/mol. The molecule has 0 spiro atoms. The van der Waals surface area contributed by atoms with Crippen molar-refractivity contribution in [3.8, 4) is 0 Å². The van der Waals surface area contributed by atoms with Gasteiger partial charge in [0.05, 0.1) is 11.2 Å². The van der Waals surface area contributed by atoms with Crippen molar-refractivity contribution in [2.45, 2.75) is 32.2 Å². The summed E-state index contributed by atoms with van der Waals surface area (Å²) in [4.78, 5) is 28.8. The second-order valence-corrected chi connectivity index (χ2v) is 6.46. The van der Waals surface area contributed by atoms with Crippen LogP contribution in [0.2, 0.25) is 0 Å². The van der Waals surface area contributed by atoms with Crippen LogP contribution in [0.15, 0.2) is 18.6 Å². The summed E-state index contributed by atoms with van der Waals surface area (Å²) in [6, 6.07) is 2.01. The van der Waals surface area contributed by atoms with Gasteiger partial charge in [0.2, 0.25) is 0 Å². The van der Waals surface area contributed by atoms with Crippen molar-refractivity contribution in [1.29, 1.82) is 0 Å². The number of nitrogens with zero attached hydrogens (tertiary/aromatic N) is 2. The van der Waals surface area contributed by atoms with Crippen LogP contribution in [0.3, 0.4) is 0 Å². The number of carbonyl (C=O) groups is 2. The van der Waals surface area contributed by atoms with E-state index in [-0.39, 0.29) is 11.6 Å². The van der Waals surface area contributed by atoms with Gasteiger partial charge in [-0.2, -0.15) is 0 Å². The third-order valence-corrected chi connectivity index (χ3v) is 4.96. The lowest BCUT2D eigenvalue weighted by Crippen LogP contribution is -2.26. The van der Waals surface area contributed by atoms with E-state index in [1.54, 1.807) is 15.9 Å². The highest BCUT2D eigenvalue weighted by Gasteiger charge is 2.17. The van der Waals surface area contributed by atoms with Gasteiger partial charge < -0.3 is 15.0 Å². The number of fused-ring (bicyclic) bond motifs is 1. The molecule has 1 aliphatic rings. The molecule has 0 aromatic carbocycles. The molecule has 7 heteroatoms. The Bertz CT molecular complexity index is 681. The lowest BCUT2D eigenvalue weighted by Gasteiger charge is -2.08. The molecule has 116 valence electrons. The molecule has 0 bridgehead atoms. The molecule has 3 rings (SSSR count). The summed E-state index contributed by atoms with van der Waals surface area (Å²) < 4.78 is 1.66. The summed E-state index contributed by atoms with van der Waals surface area (Å²) in [5, 5.41) is 11.7. The largest absolute Gasteiger partial charge is 0.476 e. The average Bonchev–Trinajstić information content (AvgIpc) is 3.13. The zero-order valence-electron chi connectivity index (χ0n) is 12.0. The Hall–Kier alpha value is -2.15. The molecule has 0 unspecified atom stereocenters. The van der Waals surface area contributed by atoms with Crippen molar-refractivity contribution in [2.24, 2.45) is 0 Å². The highest BCUT2D eigenvalue weighted by atomic mass is 32.1. The van der Waals surface area contributed by atoms with Crippen LogP contribution in [0.25, 0.3) is 0 Å². The smallest absolute Gasteiger partial charge is 0.356 e. The van der Waals surface area contributed by atoms with E-state index in [4.69, 9.17) is 5.11 Å². The van der Waals surface area contributed by atoms with Crippen LogP contribution in [-0.2, 0) is 19.4 Å². The number of thiophene rings is 1. The van der Waals surface area contributed by atoms with E-state index >= 15 is 0 Å². The molecule has 0 radical (unpaired) electrons. The van der Waals surface area contributed by atoms with Gasteiger partial charge >= 0.3 is 5.97 Å². The first-order valence-corrected chi connectivity index (χ1v) is 8.10. The minimum atomic E-state index is -1.05. The Balaban J connectivity index is 1.53. The summed E-state index contributed by atoms with van der Waals surface area (Å²) >= 11 is 1.59. The number of aryl methyl sites for hydroxylation is 2. The minimum Gasteiger partial charge on any atom is -0.476 e. The molecule has 6 nitrogen and oxygen atoms in total. The maximum absolute atomic E-state index is 12.1. The molecule has 0 fully saturated rings. The van der Waals surface area contributed by atoms with Gasteiger partial charge in [-0.1, -0.05) is 0 Å². The number of imidazole rings is 1. The van der Waals surface area contributed by atoms with Gasteiger partial charge in [-0.25, -0.2) is 9.78 Å². The Morgan fingerprint density at radius 2 is 2.18 bits per heavy atom. The van der Waals surface area contributed by atoms with Gasteiger partial charge in [-0.15, -0.1) is 11.3 Å². The fraction of sp³-hybridized carbons (Fsp3) is 0.400. The molecule has 2 heterocycles. The molecular formula is C15H17N3O3S. The molecule has 0 atom stereocenters. The highest BCUT2D eigenvalue weighted by molar-refractivity contribution is 7.14. The second kappa shape index (κ2) is 6.31. The number of aromatic nitrogens is 2. The summed E-state index contributed by atoms with van der Waals surface area (Å²) in [6.07, 6.45) is 7.49. The van der Waals surface area contributed by atoms with Crippen LogP contribution in [0, 0.1) is 0 Å². The topological polar surface area (TPSA) is 84.2 Å². The Kier molecular flexibility index (Phi) is 4.24. The zero-order chi connectivity index (χ0) is 15.5. The number of hydrogen-bond acceptors (Lipinski definition) is 4. The molecular weight excluding hydrogens is 302 g/mol. The molecule has 2 N–H and O–H groups in total. The third-order valence-electron chi connectivity index (χ3n) is 3.73. The van der Waals surface area contributed by atoms with Gasteiger partial charge in [0.1, 0.15) is 0 Å². The van der Waals surface area contributed by atoms with E-state index in [0.717, 1.165) is 17.7 Å². The van der Waals surface area contributed by atoms with Gasteiger partial charge in [0, 0.05) is 24.2 Å². The summed E-state index contributed by atoms with van der Waals surface area (Å²) in [5.74, 6) is -1.11. The maximum Gasteiger partial charge on any atom is 0.356 e. The Morgan fingerprint density at radius 3 is 2.91 bits per heavy atom. The molecule has 2 aromatic heterocycles. The molecule has 0 aliphatic heterocycles. The number of amides is 1. The van der Waals surface area contributed by atoms with Crippen molar-refractivity contribution in [3.63, 3.8) is 0 Å². The summed E-state index contributed by atoms with van der Waals surface area (Å²) in [7, 11) is 0. The SMILES string of the molecule is O=C(O)c1cn(CCNC(=O)c2cc3c(s2)CCCC3)cn1. The van der Waals surface area contributed by atoms with Crippen LogP contribution >= 0.6 is 11.3 Å². The fourth-order valence-corrected chi connectivity index (χ4v) is 3.75. The predicted octanol–water partition coefficient (Wildman–Crippen LogP) is 1.95. The van der Waals surface area contributed by atoms with Crippen molar-refractivity contribution in [3.05, 3.63) is 39.6 Å². The zero-order valence-corrected chi connectivity index (χ0v) is 12.9. The van der Waals surface area contributed by atoms with E-state index in [1.165, 1.54) is 35.8 Å². The van der Waals surface area contributed by atoms with Crippen LogP contribution in [-0.4, -0.2) is 33.1 Å². The number of rotatable bonds is 5. The lowest BCUT2D eigenvalue weighted by molar-refractivity contribution is 0.0690. The standard InChI is InChI=1S/C15H17N3O3S/c19-14(13-7-10-3-1-2-4-12(10)22-13)16-5-6-18-8-11(15(20)21)17-9-18/h7-9H,1-6H2,(H,16,19)(H,20,21). The first-order valence-electron chi connectivity index (χ1n) is 7.28. The van der Waals surface area contributed by atoms with E-state index in [0.29, 0.717) is 13.1 Å². The average molecular weight is 319 g/mol. The molecule has 1 amide bonds. The van der Waals surface area contributed by atoms with Crippen molar-refractivity contribution in [2.75, 3.05) is 6.54 Å². The van der Waals surface area contributed by atoms with Gasteiger partial charge in [-0.05, 0) is 37.3 Å². The van der Waals surface area contributed by atoms with Crippen molar-refractivity contribution in [1.82, 2.24) is 14.9 Å². The third kappa shape index (κ3) is 3.19. The normalized spacial score (nSPS) is 13.6. The summed E-state index contributed by atoms with van der Waals surface area (Å²) in [6.45, 7) is 0.938. The number of aromatic carboxylic acids is 1. The molecule has 2 aromatic rings. The number of hydrogen-bond donors (Lipinski definition) is 2. The molecule has 1 aliphatic carbocycles. The fourth-order valence-electron chi connectivity index (χ4n) is 2.58. The first-order chi connectivity index (χ1) is 10.6. The quantitative estimate of drug-likeness (QED) is 0.882. The van der Waals surface area contributed by atoms with Gasteiger partial charge in [0.15, 0.2) is 5.69 Å². The number of carboxylic acid groups (broad SMARTS) is 1. The number of nitrogens with one attached hydrogen (secondary N) is 1. The van der Waals surface area contributed by atoms with Crippen LogP contribution in [0.4, 0.5) is 0 Å². The maximum atomic E-state index is 12.1. The van der Waals surface area contributed by atoms with Crippen LogP contribution < -0.4 is 5.32 Å². The number of carbonyl (C=O) groups excluding carboxylic acids is 1. The number of carboxylic acids is 1. The van der Waals surface area contributed by atoms with E-state index in [1.807, 2.05) is 6.07 Å². The summed E-state index contributed by atoms with van der Waals surface area (Å²) in [5.41, 5.74) is 1.33. The van der Waals surface area contributed by atoms with Gasteiger partial charge in [0.25, 0.3) is 5.91 Å². The Morgan fingerprint density at radius 1 is 1.36 bits per heavy atom. The molecule has 0 saturated heterocycles. The van der Waals surface area contributed by atoms with E-state index in [2.05, 4.69) is 10.3 Å². The van der Waals surface area contributed by atoms with Crippen molar-refractivity contribution >= 4 is 23.2 Å².